The van der Waals surface area contributed by atoms with Crippen molar-refractivity contribution in [3.05, 3.63) is 29.8 Å². The van der Waals surface area contributed by atoms with Gasteiger partial charge in [0.15, 0.2) is 0 Å². The topological polar surface area (TPSA) is 57.7 Å². The molecule has 1 aliphatic rings. The minimum Gasteiger partial charge on any atom is -0.302 e. The number of aromatic amines is 1. The number of hydrogen-bond acceptors (Lipinski definition) is 4. The van der Waals surface area contributed by atoms with E-state index in [4.69, 9.17) is 0 Å². The Morgan fingerprint density at radius 3 is 2.74 bits per heavy atom. The molecule has 1 aliphatic carbocycles. The highest BCUT2D eigenvalue weighted by Gasteiger charge is 2.49. The average Bonchev–Trinajstić information content (AvgIpc) is 2.96. The van der Waals surface area contributed by atoms with Crippen LogP contribution < -0.4 is 0 Å². The molecule has 1 heterocycles. The molecule has 8 heteroatoms. The number of tetrazole rings is 1. The molecule has 0 aliphatic heterocycles. The first-order valence-electron chi connectivity index (χ1n) is 7.51. The summed E-state index contributed by atoms with van der Waals surface area (Å²) in [6.07, 6.45) is -3.16. The van der Waals surface area contributed by atoms with E-state index in [-0.39, 0.29) is 12.3 Å². The third-order valence-electron chi connectivity index (χ3n) is 4.37. The smallest absolute Gasteiger partial charge is 0.302 e. The fourth-order valence-corrected chi connectivity index (χ4v) is 3.09. The van der Waals surface area contributed by atoms with Crippen molar-refractivity contribution in [1.82, 2.24) is 25.5 Å². The number of H-pyrrole nitrogens is 1. The van der Waals surface area contributed by atoms with Crippen molar-refractivity contribution in [2.24, 2.45) is 11.8 Å². The van der Waals surface area contributed by atoms with Gasteiger partial charge in [-0.2, -0.15) is 18.4 Å². The van der Waals surface area contributed by atoms with E-state index < -0.39 is 12.1 Å². The molecule has 23 heavy (non-hydrogen) atoms. The first-order chi connectivity index (χ1) is 10.9. The fourth-order valence-electron chi connectivity index (χ4n) is 3.09. The van der Waals surface area contributed by atoms with Crippen LogP contribution in [0.2, 0.25) is 0 Å². The number of halogens is 3. The summed E-state index contributed by atoms with van der Waals surface area (Å²) < 4.78 is 38.4. The number of aromatic nitrogens is 4. The Labute approximate surface area is 131 Å². The van der Waals surface area contributed by atoms with Gasteiger partial charge in [0.1, 0.15) is 0 Å². The highest BCUT2D eigenvalue weighted by Crippen LogP contribution is 2.45. The predicted molar refractivity (Wildman–Crippen MR) is 78.2 cm³/mol. The molecule has 1 aromatic carbocycles. The lowest BCUT2D eigenvalue weighted by molar-refractivity contribution is -0.214. The molecule has 0 bridgehead atoms. The molecule has 0 spiro atoms. The Morgan fingerprint density at radius 2 is 2.13 bits per heavy atom. The number of benzene rings is 1. The highest BCUT2D eigenvalue weighted by molar-refractivity contribution is 5.54. The Morgan fingerprint density at radius 1 is 1.30 bits per heavy atom. The minimum atomic E-state index is -4.07. The zero-order valence-electron chi connectivity index (χ0n) is 12.7. The summed E-state index contributed by atoms with van der Waals surface area (Å²) in [6, 6.07) is 7.64. The molecular formula is C15H18F3N5. The number of hydrogen-bond donors (Lipinski definition) is 1. The van der Waals surface area contributed by atoms with Gasteiger partial charge in [0.2, 0.25) is 5.82 Å². The SMILES string of the molecule is CN(Cc1cccc(-c2nn[nH]n2)c1)C[C@@H]1CC[C@H]1C(F)(F)F. The van der Waals surface area contributed by atoms with Gasteiger partial charge in [-0.25, -0.2) is 0 Å². The number of nitrogens with one attached hydrogen (secondary N) is 1. The molecule has 0 amide bonds. The summed E-state index contributed by atoms with van der Waals surface area (Å²) >= 11 is 0. The van der Waals surface area contributed by atoms with Crippen molar-refractivity contribution in [3.63, 3.8) is 0 Å². The summed E-state index contributed by atoms with van der Waals surface area (Å²) in [6.45, 7) is 1.05. The van der Waals surface area contributed by atoms with Gasteiger partial charge in [-0.05, 0) is 42.7 Å². The van der Waals surface area contributed by atoms with E-state index in [0.717, 1.165) is 11.1 Å². The molecule has 1 N–H and O–H groups in total. The van der Waals surface area contributed by atoms with Crippen LogP contribution in [0, 0.1) is 11.8 Å². The van der Waals surface area contributed by atoms with Crippen molar-refractivity contribution in [2.75, 3.05) is 13.6 Å². The van der Waals surface area contributed by atoms with Gasteiger partial charge in [0.25, 0.3) is 0 Å². The van der Waals surface area contributed by atoms with Crippen LogP contribution >= 0.6 is 0 Å². The standard InChI is InChI=1S/C15H18F3N5/c1-23(9-12-5-6-13(12)15(16,17)18)8-10-3-2-4-11(7-10)14-19-21-22-20-14/h2-4,7,12-13H,5-6,8-9H2,1H3,(H,19,20,21,22)/t12-,13+/m0/s1. The van der Waals surface area contributed by atoms with Gasteiger partial charge in [0, 0.05) is 18.7 Å². The molecule has 1 saturated carbocycles. The molecule has 124 valence electrons. The lowest BCUT2D eigenvalue weighted by Gasteiger charge is -2.40. The summed E-state index contributed by atoms with van der Waals surface area (Å²) in [5.74, 6) is -0.929. The lowest BCUT2D eigenvalue weighted by atomic mass is 9.73. The molecule has 0 saturated heterocycles. The third kappa shape index (κ3) is 3.69. The van der Waals surface area contributed by atoms with E-state index in [0.29, 0.717) is 25.3 Å². The average molecular weight is 325 g/mol. The van der Waals surface area contributed by atoms with Crippen molar-refractivity contribution in [3.8, 4) is 11.4 Å². The molecule has 0 radical (unpaired) electrons. The van der Waals surface area contributed by atoms with Crippen LogP contribution in [0.4, 0.5) is 13.2 Å². The Balaban J connectivity index is 1.60. The first-order valence-corrected chi connectivity index (χ1v) is 7.51. The maximum absolute atomic E-state index is 12.8. The van der Waals surface area contributed by atoms with Gasteiger partial charge >= 0.3 is 6.18 Å². The second kappa shape index (κ2) is 6.27. The van der Waals surface area contributed by atoms with Crippen molar-refractivity contribution in [1.29, 1.82) is 0 Å². The van der Waals surface area contributed by atoms with Gasteiger partial charge in [-0.3, -0.25) is 0 Å². The maximum atomic E-state index is 12.8. The predicted octanol–water partition coefficient (Wildman–Crippen LogP) is 2.89. The lowest BCUT2D eigenvalue weighted by Crippen LogP contribution is -2.43. The maximum Gasteiger partial charge on any atom is 0.392 e. The zero-order chi connectivity index (χ0) is 16.4. The molecule has 3 rings (SSSR count). The van der Waals surface area contributed by atoms with E-state index >= 15 is 0 Å². The Bertz CT molecular complexity index is 641. The molecule has 0 unspecified atom stereocenters. The van der Waals surface area contributed by atoms with E-state index in [2.05, 4.69) is 20.6 Å². The van der Waals surface area contributed by atoms with Gasteiger partial charge in [0.05, 0.1) is 5.92 Å². The minimum absolute atomic E-state index is 0.259. The second-order valence-corrected chi connectivity index (χ2v) is 6.12. The molecule has 2 atom stereocenters. The van der Waals surface area contributed by atoms with Crippen LogP contribution in [0.25, 0.3) is 11.4 Å². The molecule has 1 fully saturated rings. The van der Waals surface area contributed by atoms with Gasteiger partial charge in [-0.15, -0.1) is 10.2 Å². The van der Waals surface area contributed by atoms with E-state index in [1.807, 2.05) is 36.2 Å². The first kappa shape index (κ1) is 15.9. The zero-order valence-corrected chi connectivity index (χ0v) is 12.7. The molecule has 5 nitrogen and oxygen atoms in total. The van der Waals surface area contributed by atoms with E-state index in [1.165, 1.54) is 0 Å². The molecule has 1 aromatic heterocycles. The van der Waals surface area contributed by atoms with Crippen molar-refractivity contribution < 1.29 is 13.2 Å². The van der Waals surface area contributed by atoms with Crippen LogP contribution in [-0.4, -0.2) is 45.3 Å². The Hall–Kier alpha value is -1.96. The third-order valence-corrected chi connectivity index (χ3v) is 4.37. The van der Waals surface area contributed by atoms with Crippen LogP contribution in [0.3, 0.4) is 0 Å². The highest BCUT2D eigenvalue weighted by atomic mass is 19.4. The monoisotopic (exact) mass is 325 g/mol. The molecular weight excluding hydrogens is 307 g/mol. The van der Waals surface area contributed by atoms with Crippen LogP contribution in [0.5, 0.6) is 0 Å². The number of alkyl halides is 3. The van der Waals surface area contributed by atoms with Gasteiger partial charge in [-0.1, -0.05) is 18.2 Å². The second-order valence-electron chi connectivity index (χ2n) is 6.12. The number of rotatable bonds is 5. The van der Waals surface area contributed by atoms with Crippen LogP contribution in [0.15, 0.2) is 24.3 Å². The quantitative estimate of drug-likeness (QED) is 0.918. The summed E-state index contributed by atoms with van der Waals surface area (Å²) in [4.78, 5) is 1.94. The van der Waals surface area contributed by atoms with E-state index in [1.54, 1.807) is 0 Å². The largest absolute Gasteiger partial charge is 0.392 e. The molecule has 2 aromatic rings. The van der Waals surface area contributed by atoms with E-state index in [9.17, 15) is 13.2 Å². The summed E-state index contributed by atoms with van der Waals surface area (Å²) in [7, 11) is 1.85. The van der Waals surface area contributed by atoms with Crippen LogP contribution in [0.1, 0.15) is 18.4 Å². The van der Waals surface area contributed by atoms with Gasteiger partial charge < -0.3 is 4.90 Å². The summed E-state index contributed by atoms with van der Waals surface area (Å²) in [5.41, 5.74) is 1.85. The van der Waals surface area contributed by atoms with Crippen molar-refractivity contribution >= 4 is 0 Å². The number of nitrogens with zero attached hydrogens (tertiary/aromatic N) is 4. The van der Waals surface area contributed by atoms with Crippen LogP contribution in [-0.2, 0) is 6.54 Å². The normalized spacial score (nSPS) is 21.4. The fraction of sp³-hybridized carbons (Fsp3) is 0.533. The summed E-state index contributed by atoms with van der Waals surface area (Å²) in [5, 5.41) is 13.8. The Kier molecular flexibility index (Phi) is 4.34. The van der Waals surface area contributed by atoms with Crippen molar-refractivity contribution in [2.45, 2.75) is 25.6 Å².